The Labute approximate surface area is 147 Å². The van der Waals surface area contributed by atoms with Crippen molar-refractivity contribution in [3.05, 3.63) is 29.8 Å². The van der Waals surface area contributed by atoms with Crippen molar-refractivity contribution in [2.75, 3.05) is 18.1 Å². The van der Waals surface area contributed by atoms with Crippen LogP contribution in [0.3, 0.4) is 0 Å². The monoisotopic (exact) mass is 341 g/mol. The highest BCUT2D eigenvalue weighted by Crippen LogP contribution is 2.55. The molecule has 1 unspecified atom stereocenters. The summed E-state index contributed by atoms with van der Waals surface area (Å²) < 4.78 is 0. The summed E-state index contributed by atoms with van der Waals surface area (Å²) in [6.07, 6.45) is 0.0217. The molecule has 3 amide bonds. The number of benzene rings is 1. The summed E-state index contributed by atoms with van der Waals surface area (Å²) in [6, 6.07) is 7.56. The molecule has 1 aromatic carbocycles. The minimum Gasteiger partial charge on any atom is -0.280 e. The molecule has 0 saturated carbocycles. The first-order chi connectivity index (χ1) is 11.7. The van der Waals surface area contributed by atoms with Crippen LogP contribution >= 0.6 is 0 Å². The number of likely N-dealkylation sites (tertiary alicyclic amines) is 1. The molecular formula is C19H23N3O3. The maximum absolute atomic E-state index is 13.4. The Bertz CT molecular complexity index is 801. The zero-order valence-corrected chi connectivity index (χ0v) is 15.1. The Morgan fingerprint density at radius 3 is 2.44 bits per heavy atom. The number of hydrazine groups is 1. The van der Waals surface area contributed by atoms with Crippen molar-refractivity contribution in [1.82, 2.24) is 9.91 Å². The lowest BCUT2D eigenvalue weighted by atomic mass is 9.84. The summed E-state index contributed by atoms with van der Waals surface area (Å²) in [7, 11) is 0. The molecule has 1 atom stereocenters. The normalized spacial score (nSPS) is 27.1. The second kappa shape index (κ2) is 4.84. The first-order valence-corrected chi connectivity index (χ1v) is 8.76. The zero-order chi connectivity index (χ0) is 18.1. The fourth-order valence-corrected chi connectivity index (χ4v) is 4.30. The van der Waals surface area contributed by atoms with E-state index in [0.717, 1.165) is 11.3 Å². The van der Waals surface area contributed by atoms with Crippen molar-refractivity contribution in [1.29, 1.82) is 0 Å². The summed E-state index contributed by atoms with van der Waals surface area (Å²) in [5.74, 6) is -0.391. The van der Waals surface area contributed by atoms with Crippen LogP contribution in [0.25, 0.3) is 0 Å². The molecule has 6 heteroatoms. The van der Waals surface area contributed by atoms with Gasteiger partial charge in [0.2, 0.25) is 11.8 Å². The van der Waals surface area contributed by atoms with Crippen molar-refractivity contribution >= 4 is 23.4 Å². The van der Waals surface area contributed by atoms with Crippen molar-refractivity contribution in [3.63, 3.8) is 0 Å². The number of amides is 3. The second-order valence-electron chi connectivity index (χ2n) is 8.32. The summed E-state index contributed by atoms with van der Waals surface area (Å²) in [5, 5.41) is 3.46. The maximum Gasteiger partial charge on any atom is 0.262 e. The minimum atomic E-state index is -1.21. The predicted octanol–water partition coefficient (Wildman–Crippen LogP) is 1.90. The van der Waals surface area contributed by atoms with Gasteiger partial charge in [0, 0.05) is 12.1 Å². The molecule has 1 aromatic rings. The molecule has 2 saturated heterocycles. The van der Waals surface area contributed by atoms with Gasteiger partial charge in [0.1, 0.15) is 0 Å². The zero-order valence-electron chi connectivity index (χ0n) is 15.1. The minimum absolute atomic E-state index is 0.0217. The molecule has 3 aliphatic heterocycles. The van der Waals surface area contributed by atoms with Crippen molar-refractivity contribution < 1.29 is 14.4 Å². The Kier molecular flexibility index (Phi) is 3.12. The highest BCUT2D eigenvalue weighted by Gasteiger charge is 2.67. The van der Waals surface area contributed by atoms with Crippen LogP contribution in [0.2, 0.25) is 0 Å². The number of nitrogens with zero attached hydrogens (tertiary/aromatic N) is 3. The van der Waals surface area contributed by atoms with Gasteiger partial charge in [-0.05, 0) is 25.8 Å². The highest BCUT2D eigenvalue weighted by atomic mass is 16.2. The smallest absolute Gasteiger partial charge is 0.262 e. The van der Waals surface area contributed by atoms with Gasteiger partial charge >= 0.3 is 0 Å². The molecule has 25 heavy (non-hydrogen) atoms. The SMILES string of the molecule is CC(C)CN1C(=O)CC2(C1=O)c1ccccc1N1CC(C)(C)C(=O)N12. The predicted molar refractivity (Wildman–Crippen MR) is 92.3 cm³/mol. The Morgan fingerprint density at radius 1 is 1.08 bits per heavy atom. The number of anilines is 1. The van der Waals surface area contributed by atoms with Crippen LogP contribution in [-0.4, -0.2) is 40.7 Å². The number of carbonyl (C=O) groups is 3. The van der Waals surface area contributed by atoms with Gasteiger partial charge in [-0.15, -0.1) is 0 Å². The summed E-state index contributed by atoms with van der Waals surface area (Å²) >= 11 is 0. The van der Waals surface area contributed by atoms with Crippen LogP contribution in [0.1, 0.15) is 39.7 Å². The molecule has 2 fully saturated rings. The van der Waals surface area contributed by atoms with Crippen LogP contribution in [-0.2, 0) is 19.9 Å². The van der Waals surface area contributed by atoms with Gasteiger partial charge in [0.05, 0.1) is 24.1 Å². The van der Waals surface area contributed by atoms with E-state index >= 15 is 0 Å². The fraction of sp³-hybridized carbons (Fsp3) is 0.526. The van der Waals surface area contributed by atoms with Crippen molar-refractivity contribution in [3.8, 4) is 0 Å². The van der Waals surface area contributed by atoms with E-state index in [1.54, 1.807) is 5.01 Å². The molecular weight excluding hydrogens is 318 g/mol. The molecule has 0 radical (unpaired) electrons. The number of rotatable bonds is 2. The Hall–Kier alpha value is -2.37. The lowest BCUT2D eigenvalue weighted by Gasteiger charge is -2.33. The Morgan fingerprint density at radius 2 is 1.76 bits per heavy atom. The van der Waals surface area contributed by atoms with Crippen LogP contribution in [0, 0.1) is 11.3 Å². The third-order valence-electron chi connectivity index (χ3n) is 5.40. The summed E-state index contributed by atoms with van der Waals surface area (Å²) in [4.78, 5) is 40.6. The number of carbonyl (C=O) groups excluding carboxylic acids is 3. The number of hydrogen-bond acceptors (Lipinski definition) is 4. The van der Waals surface area contributed by atoms with Crippen molar-refractivity contribution in [2.45, 2.75) is 39.7 Å². The van der Waals surface area contributed by atoms with Gasteiger partial charge in [-0.2, -0.15) is 0 Å². The standard InChI is InChI=1S/C19H23N3O3/c1-12(2)10-20-15(23)9-19(17(20)25)13-7-5-6-8-14(13)21-11-18(3,4)16(24)22(19)21/h5-8,12H,9-11H2,1-4H3. The molecule has 132 valence electrons. The lowest BCUT2D eigenvalue weighted by molar-refractivity contribution is -0.150. The largest absolute Gasteiger partial charge is 0.280 e. The molecule has 0 N–H and O–H groups in total. The number of imide groups is 1. The van der Waals surface area contributed by atoms with Gasteiger partial charge in [-0.3, -0.25) is 24.3 Å². The Balaban J connectivity index is 1.90. The van der Waals surface area contributed by atoms with Gasteiger partial charge < -0.3 is 0 Å². The molecule has 1 spiro atoms. The van der Waals surface area contributed by atoms with Crippen molar-refractivity contribution in [2.24, 2.45) is 11.3 Å². The molecule has 0 aromatic heterocycles. The summed E-state index contributed by atoms with van der Waals surface area (Å²) in [6.45, 7) is 8.62. The number of para-hydroxylation sites is 1. The van der Waals surface area contributed by atoms with E-state index in [0.29, 0.717) is 13.1 Å². The highest BCUT2D eigenvalue weighted by molar-refractivity contribution is 6.13. The van der Waals surface area contributed by atoms with E-state index in [4.69, 9.17) is 0 Å². The van der Waals surface area contributed by atoms with Crippen LogP contribution in [0.4, 0.5) is 5.69 Å². The first kappa shape index (κ1) is 16.1. The van der Waals surface area contributed by atoms with Crippen LogP contribution in [0.5, 0.6) is 0 Å². The van der Waals surface area contributed by atoms with E-state index in [9.17, 15) is 14.4 Å². The van der Waals surface area contributed by atoms with E-state index in [1.807, 2.05) is 57.0 Å². The van der Waals surface area contributed by atoms with E-state index in [-0.39, 0.29) is 30.1 Å². The molecule has 3 heterocycles. The van der Waals surface area contributed by atoms with E-state index < -0.39 is 11.0 Å². The van der Waals surface area contributed by atoms with Gasteiger partial charge in [-0.25, -0.2) is 5.01 Å². The number of hydrogen-bond donors (Lipinski definition) is 0. The quantitative estimate of drug-likeness (QED) is 0.771. The maximum atomic E-state index is 13.4. The first-order valence-electron chi connectivity index (χ1n) is 8.76. The fourth-order valence-electron chi connectivity index (χ4n) is 4.30. The summed E-state index contributed by atoms with van der Waals surface area (Å²) in [5.41, 5.74) is -0.180. The lowest BCUT2D eigenvalue weighted by Crippen LogP contribution is -2.54. The molecule has 6 nitrogen and oxygen atoms in total. The van der Waals surface area contributed by atoms with E-state index in [2.05, 4.69) is 0 Å². The van der Waals surface area contributed by atoms with Gasteiger partial charge in [0.15, 0.2) is 5.54 Å². The average Bonchev–Trinajstić information content (AvgIpc) is 3.04. The van der Waals surface area contributed by atoms with Crippen LogP contribution < -0.4 is 5.01 Å². The molecule has 0 aliphatic carbocycles. The van der Waals surface area contributed by atoms with Gasteiger partial charge in [-0.1, -0.05) is 32.0 Å². The topological polar surface area (TPSA) is 60.9 Å². The average molecular weight is 341 g/mol. The molecule has 3 aliphatic rings. The second-order valence-corrected chi connectivity index (χ2v) is 8.32. The number of fused-ring (bicyclic) bond motifs is 5. The molecule has 0 bridgehead atoms. The van der Waals surface area contributed by atoms with Crippen LogP contribution in [0.15, 0.2) is 24.3 Å². The third-order valence-corrected chi connectivity index (χ3v) is 5.40. The van der Waals surface area contributed by atoms with Gasteiger partial charge in [0.25, 0.3) is 5.91 Å². The third kappa shape index (κ3) is 1.88. The van der Waals surface area contributed by atoms with E-state index in [1.165, 1.54) is 4.90 Å². The molecule has 4 rings (SSSR count).